The Hall–Kier alpha value is -3.30. The van der Waals surface area contributed by atoms with Gasteiger partial charge in [-0.15, -0.1) is 0 Å². The number of ether oxygens (including phenoxy) is 1. The summed E-state index contributed by atoms with van der Waals surface area (Å²) < 4.78 is 36.2. The zero-order chi connectivity index (χ0) is 24.5. The maximum atomic E-state index is 15.5. The third kappa shape index (κ3) is 3.96. The molecule has 2 aliphatic rings. The molecule has 0 N–H and O–H groups in total. The summed E-state index contributed by atoms with van der Waals surface area (Å²) in [5.74, 6) is -0.300. The number of benzene rings is 4. The van der Waals surface area contributed by atoms with Gasteiger partial charge in [0.1, 0.15) is 5.82 Å². The SMILES string of the molecule is O=P(C1=C[C@H](c2ccccc2)N2CCOC[C@H]2c2cc(F)ccc21)(c1ccccc1)c1ccccc1. The largest absolute Gasteiger partial charge is 0.378 e. The van der Waals surface area contributed by atoms with Crippen LogP contribution in [-0.4, -0.2) is 24.7 Å². The summed E-state index contributed by atoms with van der Waals surface area (Å²) in [5, 5.41) is 2.28. The minimum absolute atomic E-state index is 0.133. The fourth-order valence-electron chi connectivity index (χ4n) is 5.51. The van der Waals surface area contributed by atoms with E-state index in [4.69, 9.17) is 4.74 Å². The van der Waals surface area contributed by atoms with Crippen molar-refractivity contribution < 1.29 is 13.7 Å². The molecule has 36 heavy (non-hydrogen) atoms. The fraction of sp³-hybridized carbons (Fsp3) is 0.161. The molecule has 180 valence electrons. The number of morpholine rings is 1. The van der Waals surface area contributed by atoms with Crippen molar-refractivity contribution in [2.45, 2.75) is 12.1 Å². The van der Waals surface area contributed by atoms with Gasteiger partial charge in [0, 0.05) is 22.5 Å². The van der Waals surface area contributed by atoms with Crippen LogP contribution in [0.4, 0.5) is 4.39 Å². The molecule has 5 heteroatoms. The molecule has 3 nitrogen and oxygen atoms in total. The molecule has 0 saturated carbocycles. The molecule has 4 aromatic carbocycles. The van der Waals surface area contributed by atoms with Crippen molar-refractivity contribution in [3.63, 3.8) is 0 Å². The third-order valence-corrected chi connectivity index (χ3v) is 10.3. The van der Waals surface area contributed by atoms with Crippen molar-refractivity contribution in [1.29, 1.82) is 0 Å². The average molecular weight is 496 g/mol. The molecule has 2 heterocycles. The third-order valence-electron chi connectivity index (χ3n) is 7.21. The van der Waals surface area contributed by atoms with E-state index in [9.17, 15) is 4.39 Å². The Bertz CT molecular complexity index is 1400. The molecule has 0 spiro atoms. The van der Waals surface area contributed by atoms with Crippen molar-refractivity contribution in [3.8, 4) is 0 Å². The molecule has 6 rings (SSSR count). The topological polar surface area (TPSA) is 29.5 Å². The minimum atomic E-state index is -3.31. The molecule has 0 unspecified atom stereocenters. The number of nitrogens with zero attached hydrogens (tertiary/aromatic N) is 1. The lowest BCUT2D eigenvalue weighted by atomic mass is 9.98. The maximum absolute atomic E-state index is 15.5. The van der Waals surface area contributed by atoms with Crippen molar-refractivity contribution in [2.75, 3.05) is 19.8 Å². The number of rotatable bonds is 4. The van der Waals surface area contributed by atoms with Crippen molar-refractivity contribution in [2.24, 2.45) is 0 Å². The predicted molar refractivity (Wildman–Crippen MR) is 144 cm³/mol. The van der Waals surface area contributed by atoms with Crippen LogP contribution in [-0.2, 0) is 9.30 Å². The first kappa shape index (κ1) is 23.1. The lowest BCUT2D eigenvalue weighted by molar-refractivity contribution is -0.0213. The van der Waals surface area contributed by atoms with Crippen LogP contribution >= 0.6 is 7.14 Å². The van der Waals surface area contributed by atoms with Gasteiger partial charge in [-0.2, -0.15) is 0 Å². The number of hydrogen-bond donors (Lipinski definition) is 0. The van der Waals surface area contributed by atoms with Gasteiger partial charge in [-0.05, 0) is 28.8 Å². The van der Waals surface area contributed by atoms with Gasteiger partial charge in [-0.1, -0.05) is 103 Å². The first-order chi connectivity index (χ1) is 17.7. The van der Waals surface area contributed by atoms with Crippen LogP contribution in [0.3, 0.4) is 0 Å². The van der Waals surface area contributed by atoms with Gasteiger partial charge in [0.15, 0.2) is 7.14 Å². The molecule has 0 aromatic heterocycles. The summed E-state index contributed by atoms with van der Waals surface area (Å²) in [6.07, 6.45) is 2.16. The smallest absolute Gasteiger partial charge is 0.171 e. The Balaban J connectivity index is 1.69. The maximum Gasteiger partial charge on any atom is 0.171 e. The molecule has 4 aromatic rings. The van der Waals surface area contributed by atoms with Gasteiger partial charge < -0.3 is 9.30 Å². The van der Waals surface area contributed by atoms with Crippen LogP contribution in [0.25, 0.3) is 5.31 Å². The van der Waals surface area contributed by atoms with Crippen LogP contribution in [0, 0.1) is 5.82 Å². The lowest BCUT2D eigenvalue weighted by Gasteiger charge is -2.39. The highest BCUT2D eigenvalue weighted by molar-refractivity contribution is 7.87. The molecule has 2 aliphatic heterocycles. The Morgan fingerprint density at radius 1 is 0.806 bits per heavy atom. The summed E-state index contributed by atoms with van der Waals surface area (Å²) in [6, 6.07) is 34.2. The average Bonchev–Trinajstić information content (AvgIpc) is 3.09. The van der Waals surface area contributed by atoms with Crippen LogP contribution in [0.15, 0.2) is 115 Å². The standard InChI is InChI=1S/C31H27FNO2P/c32-24-16-17-27-28(20-24)30-22-35-19-18-33(30)29(23-10-4-1-5-11-23)21-31(27)36(34,25-12-6-2-7-13-25)26-14-8-3-9-15-26/h1-17,20-21,29-30H,18-19,22H2/t29-,30+/m1/s1. The van der Waals surface area contributed by atoms with Crippen molar-refractivity contribution in [3.05, 3.63) is 138 Å². The first-order valence-corrected chi connectivity index (χ1v) is 14.0. The van der Waals surface area contributed by atoms with Gasteiger partial charge in [-0.25, -0.2) is 4.39 Å². The van der Waals surface area contributed by atoms with E-state index >= 15 is 4.57 Å². The van der Waals surface area contributed by atoms with Gasteiger partial charge in [0.05, 0.1) is 25.3 Å². The second kappa shape index (κ2) is 9.63. The summed E-state index contributed by atoms with van der Waals surface area (Å²) >= 11 is 0. The van der Waals surface area contributed by atoms with Crippen molar-refractivity contribution in [1.82, 2.24) is 4.90 Å². The second-order valence-electron chi connectivity index (χ2n) is 9.25. The van der Waals surface area contributed by atoms with E-state index < -0.39 is 7.14 Å². The van der Waals surface area contributed by atoms with E-state index in [0.717, 1.165) is 32.6 Å². The Labute approximate surface area is 211 Å². The van der Waals surface area contributed by atoms with Gasteiger partial charge in [0.2, 0.25) is 0 Å². The van der Waals surface area contributed by atoms with Gasteiger partial charge >= 0.3 is 0 Å². The molecule has 0 amide bonds. The van der Waals surface area contributed by atoms with Crippen LogP contribution in [0.2, 0.25) is 0 Å². The molecular weight excluding hydrogens is 468 g/mol. The normalized spacial score (nSPS) is 20.1. The molecule has 0 bridgehead atoms. The summed E-state index contributed by atoms with van der Waals surface area (Å²) in [4.78, 5) is 2.37. The molecular formula is C31H27FNO2P. The van der Waals surface area contributed by atoms with Crippen LogP contribution in [0.5, 0.6) is 0 Å². The first-order valence-electron chi connectivity index (χ1n) is 12.3. The van der Waals surface area contributed by atoms with Crippen LogP contribution in [0.1, 0.15) is 28.8 Å². The second-order valence-corrected chi connectivity index (χ2v) is 12.0. The van der Waals surface area contributed by atoms with Crippen LogP contribution < -0.4 is 10.6 Å². The summed E-state index contributed by atoms with van der Waals surface area (Å²) in [6.45, 7) is 1.76. The van der Waals surface area contributed by atoms with Gasteiger partial charge in [-0.3, -0.25) is 4.90 Å². The zero-order valence-corrected chi connectivity index (χ0v) is 20.7. The highest BCUT2D eigenvalue weighted by atomic mass is 31.2. The molecule has 1 fully saturated rings. The van der Waals surface area contributed by atoms with E-state index in [0.29, 0.717) is 19.8 Å². The summed E-state index contributed by atoms with van der Waals surface area (Å²) in [5.41, 5.74) is 2.76. The highest BCUT2D eigenvalue weighted by Gasteiger charge is 2.41. The fourth-order valence-corrected chi connectivity index (χ4v) is 8.44. The van der Waals surface area contributed by atoms with E-state index in [1.54, 1.807) is 12.1 Å². The molecule has 1 saturated heterocycles. The quantitative estimate of drug-likeness (QED) is 0.311. The number of hydrogen-bond acceptors (Lipinski definition) is 3. The van der Waals surface area contributed by atoms with E-state index in [2.05, 4.69) is 23.1 Å². The van der Waals surface area contributed by atoms with Crippen molar-refractivity contribution >= 4 is 23.1 Å². The summed E-state index contributed by atoms with van der Waals surface area (Å²) in [7, 11) is -3.31. The van der Waals surface area contributed by atoms with E-state index in [1.807, 2.05) is 78.9 Å². The Morgan fingerprint density at radius 3 is 2.06 bits per heavy atom. The molecule has 0 radical (unpaired) electrons. The minimum Gasteiger partial charge on any atom is -0.378 e. The monoisotopic (exact) mass is 495 g/mol. The molecule has 2 atom stereocenters. The highest BCUT2D eigenvalue weighted by Crippen LogP contribution is 2.60. The van der Waals surface area contributed by atoms with E-state index in [1.165, 1.54) is 6.07 Å². The van der Waals surface area contributed by atoms with E-state index in [-0.39, 0.29) is 17.9 Å². The van der Waals surface area contributed by atoms with Gasteiger partial charge in [0.25, 0.3) is 0 Å². The Morgan fingerprint density at radius 2 is 1.42 bits per heavy atom. The zero-order valence-electron chi connectivity index (χ0n) is 19.8. The number of halogens is 1. The Kier molecular flexibility index (Phi) is 6.18. The lowest BCUT2D eigenvalue weighted by Crippen LogP contribution is -2.41. The number of fused-ring (bicyclic) bond motifs is 3. The molecule has 0 aliphatic carbocycles. The predicted octanol–water partition coefficient (Wildman–Crippen LogP) is 6.31.